The maximum absolute atomic E-state index is 9.75. The average molecular weight is 502 g/mol. The standard InChI is InChI=1S/C12H6Br4O2/c13-6-1-2-10(17)11(5-6)18-12-8(15)3-7(14)4-9(12)16/h1-5,17H. The Hall–Kier alpha value is -0.0400. The highest BCUT2D eigenvalue weighted by Crippen LogP contribution is 2.41. The van der Waals surface area contributed by atoms with Gasteiger partial charge < -0.3 is 9.84 Å². The first-order valence-corrected chi connectivity index (χ1v) is 7.95. The van der Waals surface area contributed by atoms with Crippen LogP contribution in [0.4, 0.5) is 0 Å². The van der Waals surface area contributed by atoms with Gasteiger partial charge in [0.1, 0.15) is 0 Å². The molecule has 0 bridgehead atoms. The number of phenols is 1. The van der Waals surface area contributed by atoms with Crippen molar-refractivity contribution in [3.05, 3.63) is 48.2 Å². The molecule has 0 radical (unpaired) electrons. The Labute approximate surface area is 138 Å². The highest BCUT2D eigenvalue weighted by molar-refractivity contribution is 9.11. The molecular weight excluding hydrogens is 496 g/mol. The summed E-state index contributed by atoms with van der Waals surface area (Å²) in [6, 6.07) is 8.76. The first kappa shape index (κ1) is 14.4. The largest absolute Gasteiger partial charge is 0.504 e. The van der Waals surface area contributed by atoms with Gasteiger partial charge in [-0.1, -0.05) is 31.9 Å². The van der Waals surface area contributed by atoms with Gasteiger partial charge in [0.2, 0.25) is 0 Å². The monoisotopic (exact) mass is 498 g/mol. The third kappa shape index (κ3) is 3.29. The molecule has 2 aromatic carbocycles. The lowest BCUT2D eigenvalue weighted by Crippen LogP contribution is -1.88. The van der Waals surface area contributed by atoms with Gasteiger partial charge in [0.15, 0.2) is 17.2 Å². The van der Waals surface area contributed by atoms with Gasteiger partial charge in [-0.05, 0) is 62.2 Å². The highest BCUT2D eigenvalue weighted by atomic mass is 79.9. The molecule has 0 spiro atoms. The first-order valence-electron chi connectivity index (χ1n) is 4.78. The minimum atomic E-state index is 0.0833. The fraction of sp³-hybridized carbons (Fsp3) is 0. The van der Waals surface area contributed by atoms with Crippen molar-refractivity contribution in [2.24, 2.45) is 0 Å². The number of ether oxygens (including phenoxy) is 1. The predicted molar refractivity (Wildman–Crippen MR) is 85.4 cm³/mol. The van der Waals surface area contributed by atoms with E-state index in [1.54, 1.807) is 18.2 Å². The van der Waals surface area contributed by atoms with Gasteiger partial charge in [-0.2, -0.15) is 0 Å². The van der Waals surface area contributed by atoms with Crippen LogP contribution in [0.15, 0.2) is 48.2 Å². The van der Waals surface area contributed by atoms with Crippen molar-refractivity contribution in [1.82, 2.24) is 0 Å². The van der Waals surface area contributed by atoms with Crippen LogP contribution in [0.25, 0.3) is 0 Å². The second-order valence-corrected chi connectivity index (χ2v) is 6.95. The molecule has 2 aromatic rings. The lowest BCUT2D eigenvalue weighted by Gasteiger charge is -2.12. The van der Waals surface area contributed by atoms with E-state index < -0.39 is 0 Å². The zero-order valence-electron chi connectivity index (χ0n) is 8.75. The third-order valence-electron chi connectivity index (χ3n) is 2.10. The van der Waals surface area contributed by atoms with E-state index in [0.717, 1.165) is 17.9 Å². The summed E-state index contributed by atoms with van der Waals surface area (Å²) >= 11 is 13.6. The third-order valence-corrected chi connectivity index (χ3v) is 4.23. The summed E-state index contributed by atoms with van der Waals surface area (Å²) in [5.41, 5.74) is 0. The number of halogens is 4. The van der Waals surface area contributed by atoms with E-state index >= 15 is 0 Å². The van der Waals surface area contributed by atoms with E-state index in [0.29, 0.717) is 11.5 Å². The molecule has 0 heterocycles. The normalized spacial score (nSPS) is 10.4. The second-order valence-electron chi connectivity index (χ2n) is 3.41. The van der Waals surface area contributed by atoms with Crippen molar-refractivity contribution < 1.29 is 9.84 Å². The maximum Gasteiger partial charge on any atom is 0.170 e. The molecule has 0 saturated heterocycles. The lowest BCUT2D eigenvalue weighted by atomic mass is 10.3. The Balaban J connectivity index is 2.43. The molecule has 0 saturated carbocycles. The number of benzene rings is 2. The van der Waals surface area contributed by atoms with Crippen LogP contribution < -0.4 is 4.74 Å². The summed E-state index contributed by atoms with van der Waals surface area (Å²) < 4.78 is 9.03. The lowest BCUT2D eigenvalue weighted by molar-refractivity contribution is 0.408. The smallest absolute Gasteiger partial charge is 0.170 e. The molecule has 0 amide bonds. The summed E-state index contributed by atoms with van der Waals surface area (Å²) in [5, 5.41) is 9.75. The molecule has 0 aliphatic carbocycles. The number of hydrogen-bond acceptors (Lipinski definition) is 2. The Morgan fingerprint density at radius 3 is 2.06 bits per heavy atom. The molecular formula is C12H6Br4O2. The molecule has 0 atom stereocenters. The Bertz CT molecular complexity index is 576. The summed E-state index contributed by atoms with van der Waals surface area (Å²) in [7, 11) is 0. The quantitative estimate of drug-likeness (QED) is 0.528. The average Bonchev–Trinajstić information content (AvgIpc) is 2.28. The summed E-state index contributed by atoms with van der Waals surface area (Å²) in [5.74, 6) is 1.07. The molecule has 94 valence electrons. The molecule has 6 heteroatoms. The Kier molecular flexibility index (Phi) is 4.75. The zero-order chi connectivity index (χ0) is 13.3. The van der Waals surface area contributed by atoms with Gasteiger partial charge in [0, 0.05) is 8.95 Å². The Morgan fingerprint density at radius 1 is 0.833 bits per heavy atom. The van der Waals surface area contributed by atoms with Crippen LogP contribution in [0.3, 0.4) is 0 Å². The molecule has 1 N–H and O–H groups in total. The van der Waals surface area contributed by atoms with Crippen molar-refractivity contribution in [2.45, 2.75) is 0 Å². The summed E-state index contributed by atoms with van der Waals surface area (Å²) in [6.45, 7) is 0. The first-order chi connectivity index (χ1) is 8.47. The van der Waals surface area contributed by atoms with Crippen LogP contribution in [-0.4, -0.2) is 5.11 Å². The number of aromatic hydroxyl groups is 1. The van der Waals surface area contributed by atoms with Crippen LogP contribution in [0, 0.1) is 0 Å². The van der Waals surface area contributed by atoms with Gasteiger partial charge in [-0.15, -0.1) is 0 Å². The summed E-state index contributed by atoms with van der Waals surface area (Å²) in [4.78, 5) is 0. The van der Waals surface area contributed by atoms with Crippen molar-refractivity contribution in [1.29, 1.82) is 0 Å². The minimum Gasteiger partial charge on any atom is -0.504 e. The molecule has 0 aromatic heterocycles. The van der Waals surface area contributed by atoms with Gasteiger partial charge >= 0.3 is 0 Å². The van der Waals surface area contributed by atoms with Crippen molar-refractivity contribution in [2.75, 3.05) is 0 Å². The highest BCUT2D eigenvalue weighted by Gasteiger charge is 2.12. The van der Waals surface area contributed by atoms with Crippen LogP contribution >= 0.6 is 63.7 Å². The number of rotatable bonds is 2. The van der Waals surface area contributed by atoms with Crippen molar-refractivity contribution >= 4 is 63.7 Å². The van der Waals surface area contributed by atoms with Crippen molar-refractivity contribution in [3.8, 4) is 17.2 Å². The van der Waals surface area contributed by atoms with E-state index in [-0.39, 0.29) is 5.75 Å². The summed E-state index contributed by atoms with van der Waals surface area (Å²) in [6.07, 6.45) is 0. The van der Waals surface area contributed by atoms with Gasteiger partial charge in [0.25, 0.3) is 0 Å². The fourth-order valence-corrected chi connectivity index (χ4v) is 4.07. The van der Waals surface area contributed by atoms with Crippen LogP contribution in [0.5, 0.6) is 17.2 Å². The van der Waals surface area contributed by atoms with Gasteiger partial charge in [-0.3, -0.25) is 0 Å². The van der Waals surface area contributed by atoms with Gasteiger partial charge in [0.05, 0.1) is 8.95 Å². The molecule has 2 nitrogen and oxygen atoms in total. The molecule has 0 fully saturated rings. The number of phenolic OH excluding ortho intramolecular Hbond substituents is 1. The van der Waals surface area contributed by atoms with E-state index in [9.17, 15) is 5.11 Å². The van der Waals surface area contributed by atoms with Crippen LogP contribution in [0.2, 0.25) is 0 Å². The second kappa shape index (κ2) is 5.94. The van der Waals surface area contributed by atoms with Crippen molar-refractivity contribution in [3.63, 3.8) is 0 Å². The van der Waals surface area contributed by atoms with Crippen LogP contribution in [0.1, 0.15) is 0 Å². The van der Waals surface area contributed by atoms with E-state index in [4.69, 9.17) is 4.74 Å². The van der Waals surface area contributed by atoms with E-state index in [1.165, 1.54) is 0 Å². The molecule has 0 unspecified atom stereocenters. The molecule has 2 rings (SSSR count). The van der Waals surface area contributed by atoms with Gasteiger partial charge in [-0.25, -0.2) is 0 Å². The topological polar surface area (TPSA) is 29.5 Å². The van der Waals surface area contributed by atoms with E-state index in [2.05, 4.69) is 63.7 Å². The predicted octanol–water partition coefficient (Wildman–Crippen LogP) is 6.23. The fourth-order valence-electron chi connectivity index (χ4n) is 1.31. The molecule has 0 aliphatic rings. The van der Waals surface area contributed by atoms with Crippen LogP contribution in [-0.2, 0) is 0 Å². The maximum atomic E-state index is 9.75. The zero-order valence-corrected chi connectivity index (χ0v) is 15.1. The van der Waals surface area contributed by atoms with E-state index in [1.807, 2.05) is 12.1 Å². The molecule has 0 aliphatic heterocycles. The SMILES string of the molecule is Oc1ccc(Br)cc1Oc1c(Br)cc(Br)cc1Br. The number of hydrogen-bond donors (Lipinski definition) is 1. The minimum absolute atomic E-state index is 0.0833. The Morgan fingerprint density at radius 2 is 1.44 bits per heavy atom. The molecule has 18 heavy (non-hydrogen) atoms.